The average Bonchev–Trinajstić information content (AvgIpc) is 2.48. The van der Waals surface area contributed by atoms with Crippen LogP contribution < -0.4 is 0 Å². The number of likely N-dealkylation sites (tertiary alicyclic amines) is 2. The summed E-state index contributed by atoms with van der Waals surface area (Å²) in [5, 5.41) is 0. The standard InChI is InChI=1S/C17H24BrFN2/c18-15-10-14(11-16(19)12-15)13-20-8-4-17(5-9-20)21-6-2-1-3-7-21/h10-12,17H,1-9,13H2. The molecule has 0 bridgehead atoms. The van der Waals surface area contributed by atoms with Crippen molar-refractivity contribution in [2.45, 2.75) is 44.7 Å². The van der Waals surface area contributed by atoms with Gasteiger partial charge in [-0.3, -0.25) is 4.90 Å². The van der Waals surface area contributed by atoms with Crippen LogP contribution in [-0.4, -0.2) is 42.0 Å². The largest absolute Gasteiger partial charge is 0.300 e. The highest BCUT2D eigenvalue weighted by Crippen LogP contribution is 2.23. The van der Waals surface area contributed by atoms with Gasteiger partial charge in [-0.1, -0.05) is 22.4 Å². The van der Waals surface area contributed by atoms with E-state index in [1.807, 2.05) is 6.07 Å². The molecule has 0 aliphatic carbocycles. The van der Waals surface area contributed by atoms with Gasteiger partial charge in [0.25, 0.3) is 0 Å². The van der Waals surface area contributed by atoms with Crippen LogP contribution in [0.5, 0.6) is 0 Å². The summed E-state index contributed by atoms with van der Waals surface area (Å²) in [6.07, 6.45) is 6.67. The molecule has 1 aromatic rings. The molecule has 1 aromatic carbocycles. The lowest BCUT2D eigenvalue weighted by molar-refractivity contribution is 0.0896. The minimum absolute atomic E-state index is 0.150. The summed E-state index contributed by atoms with van der Waals surface area (Å²) in [6, 6.07) is 5.98. The van der Waals surface area contributed by atoms with Crippen molar-refractivity contribution in [3.63, 3.8) is 0 Å². The molecule has 2 aliphatic heterocycles. The molecule has 2 nitrogen and oxygen atoms in total. The van der Waals surface area contributed by atoms with Crippen molar-refractivity contribution in [1.29, 1.82) is 0 Å². The summed E-state index contributed by atoms with van der Waals surface area (Å²) < 4.78 is 14.3. The van der Waals surface area contributed by atoms with E-state index in [0.29, 0.717) is 0 Å². The Morgan fingerprint density at radius 1 is 1.00 bits per heavy atom. The minimum atomic E-state index is -0.150. The Hall–Kier alpha value is -0.450. The fraction of sp³-hybridized carbons (Fsp3) is 0.647. The van der Waals surface area contributed by atoms with Gasteiger partial charge in [0.05, 0.1) is 0 Å². The molecule has 0 amide bonds. The monoisotopic (exact) mass is 354 g/mol. The van der Waals surface area contributed by atoms with Gasteiger partial charge in [0, 0.05) is 17.1 Å². The molecule has 21 heavy (non-hydrogen) atoms. The topological polar surface area (TPSA) is 6.48 Å². The van der Waals surface area contributed by atoms with E-state index < -0.39 is 0 Å². The molecular weight excluding hydrogens is 331 g/mol. The molecule has 116 valence electrons. The number of benzene rings is 1. The number of hydrogen-bond donors (Lipinski definition) is 0. The molecule has 3 rings (SSSR count). The van der Waals surface area contributed by atoms with E-state index in [1.54, 1.807) is 6.07 Å². The molecule has 2 aliphatic rings. The second kappa shape index (κ2) is 7.21. The van der Waals surface area contributed by atoms with E-state index in [4.69, 9.17) is 0 Å². The van der Waals surface area contributed by atoms with Crippen LogP contribution in [0.2, 0.25) is 0 Å². The quantitative estimate of drug-likeness (QED) is 0.808. The summed E-state index contributed by atoms with van der Waals surface area (Å²) in [7, 11) is 0. The second-order valence-electron chi connectivity index (χ2n) is 6.38. The molecule has 0 radical (unpaired) electrons. The zero-order chi connectivity index (χ0) is 14.7. The van der Waals surface area contributed by atoms with Crippen LogP contribution in [-0.2, 0) is 6.54 Å². The molecular formula is C17H24BrFN2. The molecule has 4 heteroatoms. The molecule has 0 N–H and O–H groups in total. The number of rotatable bonds is 3. The van der Waals surface area contributed by atoms with E-state index >= 15 is 0 Å². The Balaban J connectivity index is 1.51. The molecule has 2 fully saturated rings. The van der Waals surface area contributed by atoms with E-state index in [1.165, 1.54) is 51.3 Å². The van der Waals surface area contributed by atoms with Gasteiger partial charge in [0.15, 0.2) is 0 Å². The summed E-state index contributed by atoms with van der Waals surface area (Å²) >= 11 is 3.37. The first-order chi connectivity index (χ1) is 10.2. The van der Waals surface area contributed by atoms with Gasteiger partial charge < -0.3 is 4.90 Å². The van der Waals surface area contributed by atoms with Gasteiger partial charge in [-0.15, -0.1) is 0 Å². The van der Waals surface area contributed by atoms with Crippen LogP contribution in [0.3, 0.4) is 0 Å². The molecule has 0 saturated carbocycles. The number of halogens is 2. The number of nitrogens with zero attached hydrogens (tertiary/aromatic N) is 2. The molecule has 2 saturated heterocycles. The highest BCUT2D eigenvalue weighted by molar-refractivity contribution is 9.10. The van der Waals surface area contributed by atoms with Gasteiger partial charge >= 0.3 is 0 Å². The summed E-state index contributed by atoms with van der Waals surface area (Å²) in [5.74, 6) is -0.150. The fourth-order valence-corrected chi connectivity index (χ4v) is 4.20. The first kappa shape index (κ1) is 15.4. The normalized spacial score (nSPS) is 22.6. The predicted molar refractivity (Wildman–Crippen MR) is 87.8 cm³/mol. The van der Waals surface area contributed by atoms with Crippen molar-refractivity contribution in [1.82, 2.24) is 9.80 Å². The van der Waals surface area contributed by atoms with Crippen LogP contribution in [0.15, 0.2) is 22.7 Å². The maximum absolute atomic E-state index is 13.4. The van der Waals surface area contributed by atoms with Crippen LogP contribution in [0, 0.1) is 5.82 Å². The minimum Gasteiger partial charge on any atom is -0.300 e. The highest BCUT2D eigenvalue weighted by atomic mass is 79.9. The Kier molecular flexibility index (Phi) is 5.30. The van der Waals surface area contributed by atoms with Gasteiger partial charge in [0.2, 0.25) is 0 Å². The van der Waals surface area contributed by atoms with Crippen molar-refractivity contribution < 1.29 is 4.39 Å². The smallest absolute Gasteiger partial charge is 0.124 e. The first-order valence-electron chi connectivity index (χ1n) is 8.12. The zero-order valence-electron chi connectivity index (χ0n) is 12.5. The molecule has 0 aromatic heterocycles. The molecule has 0 atom stereocenters. The van der Waals surface area contributed by atoms with Crippen molar-refractivity contribution in [2.75, 3.05) is 26.2 Å². The van der Waals surface area contributed by atoms with Crippen LogP contribution in [0.1, 0.15) is 37.7 Å². The van der Waals surface area contributed by atoms with Crippen molar-refractivity contribution in [3.05, 3.63) is 34.1 Å². The van der Waals surface area contributed by atoms with Gasteiger partial charge in [-0.25, -0.2) is 4.39 Å². The van der Waals surface area contributed by atoms with E-state index in [9.17, 15) is 4.39 Å². The Bertz CT molecular complexity index is 446. The van der Waals surface area contributed by atoms with Crippen molar-refractivity contribution >= 4 is 15.9 Å². The number of piperidine rings is 2. The second-order valence-corrected chi connectivity index (χ2v) is 7.30. The summed E-state index contributed by atoms with van der Waals surface area (Å²) in [5.41, 5.74) is 1.07. The lowest BCUT2D eigenvalue weighted by Crippen LogP contribution is -2.46. The van der Waals surface area contributed by atoms with E-state index in [0.717, 1.165) is 35.7 Å². The van der Waals surface area contributed by atoms with Crippen LogP contribution >= 0.6 is 15.9 Å². The highest BCUT2D eigenvalue weighted by Gasteiger charge is 2.25. The van der Waals surface area contributed by atoms with Gasteiger partial charge in [0.1, 0.15) is 5.82 Å². The maximum Gasteiger partial charge on any atom is 0.124 e. The lowest BCUT2D eigenvalue weighted by atomic mass is 9.99. The predicted octanol–water partition coefficient (Wildman–Crippen LogP) is 4.04. The van der Waals surface area contributed by atoms with Crippen LogP contribution in [0.25, 0.3) is 0 Å². The van der Waals surface area contributed by atoms with Gasteiger partial charge in [-0.05, 0) is 75.6 Å². The van der Waals surface area contributed by atoms with Crippen molar-refractivity contribution in [3.8, 4) is 0 Å². The zero-order valence-corrected chi connectivity index (χ0v) is 14.1. The van der Waals surface area contributed by atoms with E-state index in [2.05, 4.69) is 25.7 Å². The van der Waals surface area contributed by atoms with E-state index in [-0.39, 0.29) is 5.82 Å². The first-order valence-corrected chi connectivity index (χ1v) is 8.91. The third kappa shape index (κ3) is 4.27. The molecule has 0 unspecified atom stereocenters. The summed E-state index contributed by atoms with van der Waals surface area (Å²) in [6.45, 7) is 5.72. The summed E-state index contributed by atoms with van der Waals surface area (Å²) in [4.78, 5) is 5.15. The maximum atomic E-state index is 13.4. The lowest BCUT2D eigenvalue weighted by Gasteiger charge is -2.40. The average molecular weight is 355 g/mol. The third-order valence-electron chi connectivity index (χ3n) is 4.79. The fourth-order valence-electron chi connectivity index (χ4n) is 3.69. The Morgan fingerprint density at radius 3 is 2.38 bits per heavy atom. The number of hydrogen-bond acceptors (Lipinski definition) is 2. The Morgan fingerprint density at radius 2 is 1.71 bits per heavy atom. The SMILES string of the molecule is Fc1cc(Br)cc(CN2CCC(N3CCCCC3)CC2)c1. The van der Waals surface area contributed by atoms with Crippen LogP contribution in [0.4, 0.5) is 4.39 Å². The third-order valence-corrected chi connectivity index (χ3v) is 5.25. The Labute approximate surface area is 135 Å². The van der Waals surface area contributed by atoms with Crippen molar-refractivity contribution in [2.24, 2.45) is 0 Å². The van der Waals surface area contributed by atoms with Gasteiger partial charge in [-0.2, -0.15) is 0 Å². The molecule has 2 heterocycles. The molecule has 0 spiro atoms.